The molecule has 0 bridgehead atoms. The molecule has 1 N–H and O–H groups in total. The fourth-order valence-electron chi connectivity index (χ4n) is 2.84. The van der Waals surface area contributed by atoms with Crippen molar-refractivity contribution in [2.75, 3.05) is 13.7 Å². The summed E-state index contributed by atoms with van der Waals surface area (Å²) < 4.78 is 10.3. The van der Waals surface area contributed by atoms with Crippen LogP contribution < -0.4 is 10.1 Å². The maximum atomic E-state index is 12.5. The van der Waals surface area contributed by atoms with E-state index >= 15 is 0 Å². The molecular formula is C23H20ClNO4. The molecule has 3 aromatic carbocycles. The molecule has 0 fully saturated rings. The highest BCUT2D eigenvalue weighted by Gasteiger charge is 2.19. The van der Waals surface area contributed by atoms with Crippen LogP contribution in [0.15, 0.2) is 78.9 Å². The molecule has 1 amide bonds. The molecule has 0 radical (unpaired) electrons. The predicted molar refractivity (Wildman–Crippen MR) is 111 cm³/mol. The van der Waals surface area contributed by atoms with Crippen LogP contribution in [0.25, 0.3) is 0 Å². The third-order valence-electron chi connectivity index (χ3n) is 4.32. The van der Waals surface area contributed by atoms with Crippen LogP contribution in [0.5, 0.6) is 5.75 Å². The fourth-order valence-corrected chi connectivity index (χ4v) is 3.05. The highest BCUT2D eigenvalue weighted by molar-refractivity contribution is 6.33. The van der Waals surface area contributed by atoms with Crippen LogP contribution in [0.2, 0.25) is 5.02 Å². The summed E-state index contributed by atoms with van der Waals surface area (Å²) in [7, 11) is 1.60. The quantitative estimate of drug-likeness (QED) is 0.587. The van der Waals surface area contributed by atoms with Gasteiger partial charge in [-0.3, -0.25) is 4.79 Å². The fraction of sp³-hybridized carbons (Fsp3) is 0.130. The van der Waals surface area contributed by atoms with Crippen molar-refractivity contribution in [3.8, 4) is 5.75 Å². The molecule has 0 heterocycles. The van der Waals surface area contributed by atoms with Gasteiger partial charge in [-0.2, -0.15) is 0 Å². The average Bonchev–Trinajstić information content (AvgIpc) is 2.77. The Balaban J connectivity index is 1.71. The molecule has 1 atom stereocenters. The van der Waals surface area contributed by atoms with Gasteiger partial charge in [0.05, 0.1) is 23.7 Å². The summed E-state index contributed by atoms with van der Waals surface area (Å²) in [5, 5.41) is 3.19. The van der Waals surface area contributed by atoms with E-state index < -0.39 is 24.5 Å². The lowest BCUT2D eigenvalue weighted by Gasteiger charge is -2.20. The number of nitrogens with one attached hydrogen (secondary N) is 1. The van der Waals surface area contributed by atoms with Crippen LogP contribution in [-0.4, -0.2) is 25.6 Å². The maximum Gasteiger partial charge on any atom is 0.340 e. The van der Waals surface area contributed by atoms with Crippen LogP contribution in [0, 0.1) is 0 Å². The minimum atomic E-state index is -0.647. The Morgan fingerprint density at radius 2 is 1.52 bits per heavy atom. The van der Waals surface area contributed by atoms with E-state index in [1.807, 2.05) is 54.6 Å². The molecule has 0 spiro atoms. The number of amides is 1. The summed E-state index contributed by atoms with van der Waals surface area (Å²) in [5.41, 5.74) is 2.00. The van der Waals surface area contributed by atoms with E-state index in [-0.39, 0.29) is 10.6 Å². The molecule has 5 nitrogen and oxygen atoms in total. The molecule has 0 saturated carbocycles. The molecule has 3 aromatic rings. The highest BCUT2D eigenvalue weighted by atomic mass is 35.5. The zero-order valence-electron chi connectivity index (χ0n) is 15.8. The molecular weight excluding hydrogens is 390 g/mol. The third kappa shape index (κ3) is 5.36. The Labute approximate surface area is 174 Å². The first-order valence-electron chi connectivity index (χ1n) is 8.98. The van der Waals surface area contributed by atoms with Gasteiger partial charge in [0, 0.05) is 0 Å². The average molecular weight is 410 g/mol. The van der Waals surface area contributed by atoms with Gasteiger partial charge >= 0.3 is 5.97 Å². The first-order valence-corrected chi connectivity index (χ1v) is 9.36. The number of hydrogen-bond acceptors (Lipinski definition) is 4. The molecule has 0 aliphatic rings. The van der Waals surface area contributed by atoms with Crippen molar-refractivity contribution in [2.45, 2.75) is 6.04 Å². The van der Waals surface area contributed by atoms with E-state index in [0.29, 0.717) is 0 Å². The number of benzene rings is 3. The smallest absolute Gasteiger partial charge is 0.340 e. The minimum absolute atomic E-state index is 0.219. The summed E-state index contributed by atoms with van der Waals surface area (Å²) in [6.07, 6.45) is 0. The van der Waals surface area contributed by atoms with Gasteiger partial charge in [-0.05, 0) is 35.4 Å². The zero-order valence-corrected chi connectivity index (χ0v) is 16.6. The molecule has 0 aliphatic heterocycles. The van der Waals surface area contributed by atoms with Crippen LogP contribution in [0.4, 0.5) is 0 Å². The molecule has 6 heteroatoms. The summed E-state index contributed by atoms with van der Waals surface area (Å²) in [6, 6.07) is 23.1. The number of hydrogen-bond donors (Lipinski definition) is 1. The SMILES string of the molecule is COc1ccc([C@@H](NC(=O)COC(=O)c2ccccc2Cl)c2ccccc2)cc1. The zero-order chi connectivity index (χ0) is 20.6. The van der Waals surface area contributed by atoms with E-state index in [1.54, 1.807) is 31.4 Å². The summed E-state index contributed by atoms with van der Waals surface area (Å²) in [4.78, 5) is 24.7. The van der Waals surface area contributed by atoms with Gasteiger partial charge in [0.2, 0.25) is 0 Å². The largest absolute Gasteiger partial charge is 0.497 e. The number of esters is 1. The van der Waals surface area contributed by atoms with Gasteiger partial charge < -0.3 is 14.8 Å². The van der Waals surface area contributed by atoms with Gasteiger partial charge in [-0.15, -0.1) is 0 Å². The monoisotopic (exact) mass is 409 g/mol. The van der Waals surface area contributed by atoms with E-state index in [0.717, 1.165) is 16.9 Å². The highest BCUT2D eigenvalue weighted by Crippen LogP contribution is 2.24. The van der Waals surface area contributed by atoms with Crippen molar-refractivity contribution in [3.05, 3.63) is 101 Å². The van der Waals surface area contributed by atoms with E-state index in [4.69, 9.17) is 21.1 Å². The van der Waals surface area contributed by atoms with Gasteiger partial charge in [0.15, 0.2) is 6.61 Å². The lowest BCUT2D eigenvalue weighted by atomic mass is 9.98. The number of rotatable bonds is 7. The van der Waals surface area contributed by atoms with E-state index in [1.165, 1.54) is 0 Å². The van der Waals surface area contributed by atoms with Gasteiger partial charge in [-0.1, -0.05) is 66.2 Å². The van der Waals surface area contributed by atoms with Crippen molar-refractivity contribution in [1.82, 2.24) is 5.32 Å². The van der Waals surface area contributed by atoms with Gasteiger partial charge in [0.25, 0.3) is 5.91 Å². The van der Waals surface area contributed by atoms with E-state index in [9.17, 15) is 9.59 Å². The molecule has 0 aliphatic carbocycles. The first-order chi connectivity index (χ1) is 14.1. The second-order valence-electron chi connectivity index (χ2n) is 6.24. The standard InChI is InChI=1S/C23H20ClNO4/c1-28-18-13-11-17(12-14-18)22(16-7-3-2-4-8-16)25-21(26)15-29-23(27)19-9-5-6-10-20(19)24/h2-14,22H,15H2,1H3,(H,25,26)/t22-/m0/s1. The van der Waals surface area contributed by atoms with Crippen molar-refractivity contribution in [3.63, 3.8) is 0 Å². The number of methoxy groups -OCH3 is 1. The number of ether oxygens (including phenoxy) is 2. The summed E-state index contributed by atoms with van der Waals surface area (Å²) in [5.74, 6) is -0.345. The second-order valence-corrected chi connectivity index (χ2v) is 6.65. The minimum Gasteiger partial charge on any atom is -0.497 e. The predicted octanol–water partition coefficient (Wildman–Crippen LogP) is 4.41. The molecule has 0 saturated heterocycles. The first kappa shape index (κ1) is 20.4. The van der Waals surface area contributed by atoms with E-state index in [2.05, 4.69) is 5.32 Å². The van der Waals surface area contributed by atoms with Crippen molar-refractivity contribution in [2.24, 2.45) is 0 Å². The summed E-state index contributed by atoms with van der Waals surface area (Å²) >= 11 is 5.99. The van der Waals surface area contributed by atoms with Gasteiger partial charge in [-0.25, -0.2) is 4.79 Å². The number of carbonyl (C=O) groups is 2. The topological polar surface area (TPSA) is 64.6 Å². The lowest BCUT2D eigenvalue weighted by Crippen LogP contribution is -2.33. The molecule has 0 aromatic heterocycles. The number of halogens is 1. The molecule has 148 valence electrons. The Morgan fingerprint density at radius 1 is 0.897 bits per heavy atom. The Hall–Kier alpha value is -3.31. The second kappa shape index (κ2) is 9.75. The summed E-state index contributed by atoms with van der Waals surface area (Å²) in [6.45, 7) is -0.413. The van der Waals surface area contributed by atoms with Crippen LogP contribution in [-0.2, 0) is 9.53 Å². The molecule has 0 unspecified atom stereocenters. The van der Waals surface area contributed by atoms with Crippen molar-refractivity contribution < 1.29 is 19.1 Å². The van der Waals surface area contributed by atoms with Crippen LogP contribution >= 0.6 is 11.6 Å². The van der Waals surface area contributed by atoms with Gasteiger partial charge in [0.1, 0.15) is 5.75 Å². The number of carbonyl (C=O) groups excluding carboxylic acids is 2. The Bertz CT molecular complexity index is 974. The Morgan fingerprint density at radius 3 is 2.17 bits per heavy atom. The molecule has 29 heavy (non-hydrogen) atoms. The maximum absolute atomic E-state index is 12.5. The third-order valence-corrected chi connectivity index (χ3v) is 4.65. The van der Waals surface area contributed by atoms with Crippen LogP contribution in [0.1, 0.15) is 27.5 Å². The van der Waals surface area contributed by atoms with Crippen molar-refractivity contribution in [1.29, 1.82) is 0 Å². The Kier molecular flexibility index (Phi) is 6.87. The molecule has 3 rings (SSSR count). The van der Waals surface area contributed by atoms with Crippen LogP contribution in [0.3, 0.4) is 0 Å². The lowest BCUT2D eigenvalue weighted by molar-refractivity contribution is -0.124. The van der Waals surface area contributed by atoms with Crippen molar-refractivity contribution >= 4 is 23.5 Å². The normalized spacial score (nSPS) is 11.4.